The van der Waals surface area contributed by atoms with Crippen LogP contribution in [0.5, 0.6) is 0 Å². The predicted octanol–water partition coefficient (Wildman–Crippen LogP) is 0.408. The molecule has 1 aliphatic heterocycles. The lowest BCUT2D eigenvalue weighted by Crippen LogP contribution is -2.09. The number of rotatable bonds is 1. The van der Waals surface area contributed by atoms with Gasteiger partial charge in [-0.05, 0) is 12.1 Å². The summed E-state index contributed by atoms with van der Waals surface area (Å²) in [5.41, 5.74) is 5.89. The maximum atomic E-state index is 11.4. The zero-order chi connectivity index (χ0) is 10.1. The minimum atomic E-state index is -0.835. The molecule has 5 heteroatoms. The van der Waals surface area contributed by atoms with E-state index in [0.29, 0.717) is 5.56 Å². The van der Waals surface area contributed by atoms with Gasteiger partial charge in [-0.3, -0.25) is 9.78 Å². The SMILES string of the molecule is NC1=C(O)C(=O)[C@@H](c2ccncc2)O1. The minimum Gasteiger partial charge on any atom is -0.501 e. The summed E-state index contributed by atoms with van der Waals surface area (Å²) in [6.45, 7) is 0. The molecule has 0 unspecified atom stereocenters. The molecule has 0 radical (unpaired) electrons. The largest absolute Gasteiger partial charge is 0.501 e. The van der Waals surface area contributed by atoms with E-state index in [4.69, 9.17) is 15.6 Å². The fourth-order valence-corrected chi connectivity index (χ4v) is 1.24. The van der Waals surface area contributed by atoms with Crippen LogP contribution in [0.15, 0.2) is 36.2 Å². The van der Waals surface area contributed by atoms with Crippen LogP contribution < -0.4 is 5.73 Å². The van der Waals surface area contributed by atoms with Crippen molar-refractivity contribution in [1.82, 2.24) is 4.98 Å². The molecule has 0 bridgehead atoms. The van der Waals surface area contributed by atoms with E-state index in [2.05, 4.69) is 4.98 Å². The van der Waals surface area contributed by atoms with Crippen molar-refractivity contribution in [2.45, 2.75) is 6.10 Å². The van der Waals surface area contributed by atoms with Gasteiger partial charge in [0.05, 0.1) is 0 Å². The van der Waals surface area contributed by atoms with Crippen molar-refractivity contribution in [2.24, 2.45) is 5.73 Å². The van der Waals surface area contributed by atoms with Crippen LogP contribution in [-0.4, -0.2) is 15.9 Å². The number of hydrogen-bond donors (Lipinski definition) is 2. The van der Waals surface area contributed by atoms with Crippen LogP contribution >= 0.6 is 0 Å². The second-order valence-corrected chi connectivity index (χ2v) is 2.86. The molecule has 3 N–H and O–H groups in total. The molecule has 0 aromatic carbocycles. The van der Waals surface area contributed by atoms with Gasteiger partial charge in [-0.2, -0.15) is 0 Å². The highest BCUT2D eigenvalue weighted by atomic mass is 16.5. The molecule has 2 rings (SSSR count). The number of ketones is 1. The second-order valence-electron chi connectivity index (χ2n) is 2.86. The minimum absolute atomic E-state index is 0.225. The fraction of sp³-hybridized carbons (Fsp3) is 0.111. The molecule has 14 heavy (non-hydrogen) atoms. The molecule has 2 heterocycles. The standard InChI is InChI=1S/C9H8N2O3/c10-9-7(13)6(12)8(14-9)5-1-3-11-4-2-5/h1-4,8,13H,10H2/t8-/m1/s1. The topological polar surface area (TPSA) is 85.4 Å². The molecule has 1 aliphatic rings. The summed E-state index contributed by atoms with van der Waals surface area (Å²) < 4.78 is 5.00. The maximum Gasteiger partial charge on any atom is 0.247 e. The number of carbonyl (C=O) groups is 1. The number of pyridine rings is 1. The Labute approximate surface area is 79.8 Å². The van der Waals surface area contributed by atoms with Crippen LogP contribution in [0.1, 0.15) is 11.7 Å². The highest BCUT2D eigenvalue weighted by molar-refractivity contribution is 5.99. The summed E-state index contributed by atoms with van der Waals surface area (Å²) >= 11 is 0. The molecule has 0 aliphatic carbocycles. The second kappa shape index (κ2) is 3.02. The number of carbonyl (C=O) groups excluding carboxylic acids is 1. The number of aliphatic hydroxyl groups excluding tert-OH is 1. The number of Topliss-reactive ketones (excluding diaryl/α,β-unsaturated/α-hetero) is 1. The molecular weight excluding hydrogens is 184 g/mol. The average Bonchev–Trinajstić information content (AvgIpc) is 2.47. The Morgan fingerprint density at radius 2 is 2.07 bits per heavy atom. The van der Waals surface area contributed by atoms with E-state index in [1.807, 2.05) is 0 Å². The Balaban J connectivity index is 2.30. The van der Waals surface area contributed by atoms with E-state index in [-0.39, 0.29) is 5.88 Å². The summed E-state index contributed by atoms with van der Waals surface area (Å²) in [6.07, 6.45) is 2.24. The Morgan fingerprint density at radius 3 is 2.57 bits per heavy atom. The third kappa shape index (κ3) is 1.19. The highest BCUT2D eigenvalue weighted by Crippen LogP contribution is 2.28. The molecule has 5 nitrogen and oxygen atoms in total. The zero-order valence-electron chi connectivity index (χ0n) is 7.18. The normalized spacial score (nSPS) is 21.1. The molecule has 0 saturated heterocycles. The Morgan fingerprint density at radius 1 is 1.43 bits per heavy atom. The number of ether oxygens (including phenoxy) is 1. The van der Waals surface area contributed by atoms with E-state index in [1.54, 1.807) is 12.1 Å². The summed E-state index contributed by atoms with van der Waals surface area (Å²) in [7, 11) is 0. The molecule has 72 valence electrons. The van der Waals surface area contributed by atoms with Crippen molar-refractivity contribution in [3.63, 3.8) is 0 Å². The van der Waals surface area contributed by atoms with E-state index in [9.17, 15) is 4.79 Å². The molecule has 0 spiro atoms. The van der Waals surface area contributed by atoms with E-state index in [1.165, 1.54) is 12.4 Å². The first-order valence-electron chi connectivity index (χ1n) is 3.99. The summed E-state index contributed by atoms with van der Waals surface area (Å²) in [6, 6.07) is 3.27. The first kappa shape index (κ1) is 8.55. The average molecular weight is 192 g/mol. The van der Waals surface area contributed by atoms with Gasteiger partial charge in [0.25, 0.3) is 0 Å². The van der Waals surface area contributed by atoms with Gasteiger partial charge >= 0.3 is 0 Å². The molecule has 1 atom stereocenters. The van der Waals surface area contributed by atoms with Crippen LogP contribution in [0, 0.1) is 0 Å². The smallest absolute Gasteiger partial charge is 0.247 e. The van der Waals surface area contributed by atoms with Crippen LogP contribution in [0.25, 0.3) is 0 Å². The van der Waals surface area contributed by atoms with Gasteiger partial charge in [-0.25, -0.2) is 0 Å². The van der Waals surface area contributed by atoms with Crippen molar-refractivity contribution in [3.05, 3.63) is 41.7 Å². The first-order chi connectivity index (χ1) is 6.70. The molecule has 0 saturated carbocycles. The van der Waals surface area contributed by atoms with Crippen molar-refractivity contribution >= 4 is 5.78 Å². The summed E-state index contributed by atoms with van der Waals surface area (Å²) in [5, 5.41) is 9.16. The van der Waals surface area contributed by atoms with Crippen LogP contribution in [-0.2, 0) is 9.53 Å². The molecular formula is C9H8N2O3. The molecule has 1 aromatic rings. The zero-order valence-corrected chi connectivity index (χ0v) is 7.18. The van der Waals surface area contributed by atoms with E-state index < -0.39 is 17.6 Å². The van der Waals surface area contributed by atoms with Crippen molar-refractivity contribution in [2.75, 3.05) is 0 Å². The summed E-state index contributed by atoms with van der Waals surface area (Å²) in [5.74, 6) is -1.25. The summed E-state index contributed by atoms with van der Waals surface area (Å²) in [4.78, 5) is 15.2. The van der Waals surface area contributed by atoms with Gasteiger partial charge < -0.3 is 15.6 Å². The third-order valence-electron chi connectivity index (χ3n) is 1.96. The maximum absolute atomic E-state index is 11.4. The Bertz CT molecular complexity index is 400. The van der Waals surface area contributed by atoms with E-state index >= 15 is 0 Å². The van der Waals surface area contributed by atoms with Gasteiger partial charge in [0.2, 0.25) is 17.4 Å². The number of aliphatic hydroxyl groups is 1. The van der Waals surface area contributed by atoms with Crippen LogP contribution in [0.4, 0.5) is 0 Å². The van der Waals surface area contributed by atoms with Gasteiger partial charge in [0.1, 0.15) is 0 Å². The number of hydrogen-bond acceptors (Lipinski definition) is 5. The molecule has 0 amide bonds. The van der Waals surface area contributed by atoms with Crippen molar-refractivity contribution in [3.8, 4) is 0 Å². The number of nitrogens with zero attached hydrogens (tertiary/aromatic N) is 1. The number of nitrogens with two attached hydrogens (primary N) is 1. The van der Waals surface area contributed by atoms with Crippen molar-refractivity contribution in [1.29, 1.82) is 0 Å². The van der Waals surface area contributed by atoms with E-state index in [0.717, 1.165) is 0 Å². The van der Waals surface area contributed by atoms with Gasteiger partial charge in [0.15, 0.2) is 6.10 Å². The quantitative estimate of drug-likeness (QED) is 0.673. The van der Waals surface area contributed by atoms with Crippen molar-refractivity contribution < 1.29 is 14.6 Å². The van der Waals surface area contributed by atoms with Gasteiger partial charge in [0, 0.05) is 18.0 Å². The monoisotopic (exact) mass is 192 g/mol. The lowest BCUT2D eigenvalue weighted by atomic mass is 10.1. The van der Waals surface area contributed by atoms with Crippen LogP contribution in [0.2, 0.25) is 0 Å². The molecule has 0 fully saturated rings. The first-order valence-corrected chi connectivity index (χ1v) is 3.99. The third-order valence-corrected chi connectivity index (χ3v) is 1.96. The Kier molecular flexibility index (Phi) is 1.85. The number of aromatic nitrogens is 1. The van der Waals surface area contributed by atoms with Gasteiger partial charge in [-0.1, -0.05) is 0 Å². The van der Waals surface area contributed by atoms with Crippen LogP contribution in [0.3, 0.4) is 0 Å². The molecule has 1 aromatic heterocycles. The van der Waals surface area contributed by atoms with Gasteiger partial charge in [-0.15, -0.1) is 0 Å². The fourth-order valence-electron chi connectivity index (χ4n) is 1.24. The predicted molar refractivity (Wildman–Crippen MR) is 46.9 cm³/mol. The lowest BCUT2D eigenvalue weighted by molar-refractivity contribution is -0.123. The lowest BCUT2D eigenvalue weighted by Gasteiger charge is -2.08. The Hall–Kier alpha value is -2.04. The highest BCUT2D eigenvalue weighted by Gasteiger charge is 2.35.